The lowest BCUT2D eigenvalue weighted by molar-refractivity contribution is 0.161. The van der Waals surface area contributed by atoms with Crippen LogP contribution in [-0.4, -0.2) is 11.2 Å². The first-order valence-electron chi connectivity index (χ1n) is 8.65. The molecule has 1 aromatic rings. The largest absolute Gasteiger partial charge is 0.393 e. The van der Waals surface area contributed by atoms with E-state index >= 15 is 0 Å². The average Bonchev–Trinajstić information content (AvgIpc) is 2.45. The van der Waals surface area contributed by atoms with E-state index in [2.05, 4.69) is 6.92 Å². The van der Waals surface area contributed by atoms with Crippen LogP contribution in [0, 0.1) is 0 Å². The number of unbranched alkanes of at least 4 members (excludes halogenated alkanes) is 8. The van der Waals surface area contributed by atoms with Gasteiger partial charge in [-0.2, -0.15) is 0 Å². The lowest BCUT2D eigenvalue weighted by Crippen LogP contribution is -2.10. The number of aliphatic hydroxyl groups excluding tert-OH is 1. The lowest BCUT2D eigenvalue weighted by Gasteiger charge is -2.10. The van der Waals surface area contributed by atoms with Crippen LogP contribution in [0.5, 0.6) is 0 Å². The molecule has 0 heterocycles. The summed E-state index contributed by atoms with van der Waals surface area (Å²) in [6, 6.07) is 7.80. The third-order valence-electron chi connectivity index (χ3n) is 4.00. The molecule has 2 heteroatoms. The second-order valence-electron chi connectivity index (χ2n) is 6.10. The van der Waals surface area contributed by atoms with Crippen molar-refractivity contribution in [2.24, 2.45) is 0 Å². The first-order chi connectivity index (χ1) is 10.2. The van der Waals surface area contributed by atoms with Gasteiger partial charge >= 0.3 is 0 Å². The van der Waals surface area contributed by atoms with E-state index < -0.39 is 0 Å². The first kappa shape index (κ1) is 18.5. The molecule has 0 aromatic heterocycles. The van der Waals surface area contributed by atoms with Crippen molar-refractivity contribution in [1.29, 1.82) is 0 Å². The maximum atomic E-state index is 10.1. The molecule has 21 heavy (non-hydrogen) atoms. The van der Waals surface area contributed by atoms with Gasteiger partial charge in [0, 0.05) is 5.02 Å². The van der Waals surface area contributed by atoms with Crippen LogP contribution in [0.1, 0.15) is 76.7 Å². The van der Waals surface area contributed by atoms with Crippen molar-refractivity contribution in [2.75, 3.05) is 0 Å². The van der Waals surface area contributed by atoms with Gasteiger partial charge in [-0.3, -0.25) is 0 Å². The highest BCUT2D eigenvalue weighted by molar-refractivity contribution is 6.30. The minimum Gasteiger partial charge on any atom is -0.393 e. The molecule has 0 aliphatic carbocycles. The highest BCUT2D eigenvalue weighted by Gasteiger charge is 2.05. The zero-order valence-electron chi connectivity index (χ0n) is 13.5. The standard InChI is InChI=1S/C19H31ClO/c1-2-3-4-5-6-7-8-9-10-14-19(21)16-17-12-11-13-18(20)15-17/h11-13,15,19,21H,2-10,14,16H2,1H3. The summed E-state index contributed by atoms with van der Waals surface area (Å²) in [5.41, 5.74) is 1.13. The minimum atomic E-state index is -0.229. The Bertz CT molecular complexity index is 364. The predicted molar refractivity (Wildman–Crippen MR) is 93.0 cm³/mol. The van der Waals surface area contributed by atoms with Crippen molar-refractivity contribution in [2.45, 2.75) is 83.7 Å². The summed E-state index contributed by atoms with van der Waals surface area (Å²) in [6.07, 6.45) is 13.3. The van der Waals surface area contributed by atoms with E-state index in [1.54, 1.807) is 0 Å². The molecule has 0 aliphatic rings. The van der Waals surface area contributed by atoms with Gasteiger partial charge in [-0.25, -0.2) is 0 Å². The van der Waals surface area contributed by atoms with Gasteiger partial charge in [-0.15, -0.1) is 0 Å². The first-order valence-corrected chi connectivity index (χ1v) is 9.02. The average molecular weight is 311 g/mol. The molecule has 1 N–H and O–H groups in total. The normalized spacial score (nSPS) is 12.5. The van der Waals surface area contributed by atoms with Crippen molar-refractivity contribution in [1.82, 2.24) is 0 Å². The van der Waals surface area contributed by atoms with E-state index in [0.717, 1.165) is 29.8 Å². The Labute approximate surface area is 135 Å². The topological polar surface area (TPSA) is 20.2 Å². The second-order valence-corrected chi connectivity index (χ2v) is 6.54. The van der Waals surface area contributed by atoms with Gasteiger partial charge in [0.1, 0.15) is 0 Å². The van der Waals surface area contributed by atoms with Crippen molar-refractivity contribution in [3.63, 3.8) is 0 Å². The summed E-state index contributed by atoms with van der Waals surface area (Å²) in [4.78, 5) is 0. The van der Waals surface area contributed by atoms with Gasteiger partial charge in [0.2, 0.25) is 0 Å². The molecule has 0 fully saturated rings. The van der Waals surface area contributed by atoms with Crippen molar-refractivity contribution in [3.8, 4) is 0 Å². The predicted octanol–water partition coefficient (Wildman–Crippen LogP) is 6.16. The van der Waals surface area contributed by atoms with E-state index in [0.29, 0.717) is 0 Å². The lowest BCUT2D eigenvalue weighted by atomic mass is 10.0. The minimum absolute atomic E-state index is 0.229. The van der Waals surface area contributed by atoms with E-state index in [-0.39, 0.29) is 6.10 Å². The summed E-state index contributed by atoms with van der Waals surface area (Å²) >= 11 is 5.95. The number of rotatable bonds is 12. The molecule has 0 amide bonds. The number of aliphatic hydroxyl groups is 1. The molecule has 0 aliphatic heterocycles. The number of halogens is 1. The molecular weight excluding hydrogens is 280 g/mol. The van der Waals surface area contributed by atoms with Crippen molar-refractivity contribution >= 4 is 11.6 Å². The molecule has 0 bridgehead atoms. The molecule has 0 saturated carbocycles. The molecule has 120 valence electrons. The number of hydrogen-bond acceptors (Lipinski definition) is 1. The maximum absolute atomic E-state index is 10.1. The SMILES string of the molecule is CCCCCCCCCCCC(O)Cc1cccc(Cl)c1. The summed E-state index contributed by atoms with van der Waals surface area (Å²) in [7, 11) is 0. The van der Waals surface area contributed by atoms with Crippen LogP contribution in [0.4, 0.5) is 0 Å². The Hall–Kier alpha value is -0.530. The fourth-order valence-corrected chi connectivity index (χ4v) is 2.94. The van der Waals surface area contributed by atoms with Crippen LogP contribution >= 0.6 is 11.6 Å². The van der Waals surface area contributed by atoms with Crippen LogP contribution in [-0.2, 0) is 6.42 Å². The Morgan fingerprint density at radius 1 is 0.952 bits per heavy atom. The van der Waals surface area contributed by atoms with E-state index in [1.165, 1.54) is 51.4 Å². The highest BCUT2D eigenvalue weighted by Crippen LogP contribution is 2.15. The molecule has 0 radical (unpaired) electrons. The molecule has 1 unspecified atom stereocenters. The van der Waals surface area contributed by atoms with Gasteiger partial charge in [0.25, 0.3) is 0 Å². The quantitative estimate of drug-likeness (QED) is 0.458. The number of hydrogen-bond donors (Lipinski definition) is 1. The van der Waals surface area contributed by atoms with Crippen LogP contribution in [0.2, 0.25) is 5.02 Å². The fourth-order valence-electron chi connectivity index (χ4n) is 2.73. The van der Waals surface area contributed by atoms with Crippen molar-refractivity contribution in [3.05, 3.63) is 34.9 Å². The zero-order valence-corrected chi connectivity index (χ0v) is 14.2. The Morgan fingerprint density at radius 2 is 1.57 bits per heavy atom. The molecule has 1 aromatic carbocycles. The summed E-state index contributed by atoms with van der Waals surface area (Å²) < 4.78 is 0. The van der Waals surface area contributed by atoms with E-state index in [9.17, 15) is 5.11 Å². The third-order valence-corrected chi connectivity index (χ3v) is 4.24. The Balaban J connectivity index is 1.97. The molecule has 0 saturated heterocycles. The van der Waals surface area contributed by atoms with E-state index in [1.807, 2.05) is 24.3 Å². The summed E-state index contributed by atoms with van der Waals surface area (Å²) in [5, 5.41) is 10.8. The van der Waals surface area contributed by atoms with Gasteiger partial charge in [-0.1, -0.05) is 88.4 Å². The molecule has 1 rings (SSSR count). The van der Waals surface area contributed by atoms with Crippen LogP contribution in [0.25, 0.3) is 0 Å². The van der Waals surface area contributed by atoms with Gasteiger partial charge in [0.05, 0.1) is 6.10 Å². The molecular formula is C19H31ClO. The smallest absolute Gasteiger partial charge is 0.0580 e. The third kappa shape index (κ3) is 9.92. The second kappa shape index (κ2) is 12.1. The van der Waals surface area contributed by atoms with Crippen LogP contribution in [0.3, 0.4) is 0 Å². The van der Waals surface area contributed by atoms with Gasteiger partial charge in [-0.05, 0) is 30.5 Å². The van der Waals surface area contributed by atoms with Crippen LogP contribution < -0.4 is 0 Å². The molecule has 1 atom stereocenters. The van der Waals surface area contributed by atoms with Gasteiger partial charge < -0.3 is 5.11 Å². The Kier molecular flexibility index (Phi) is 10.6. The molecule has 1 nitrogen and oxygen atoms in total. The number of benzene rings is 1. The van der Waals surface area contributed by atoms with Gasteiger partial charge in [0.15, 0.2) is 0 Å². The fraction of sp³-hybridized carbons (Fsp3) is 0.684. The van der Waals surface area contributed by atoms with E-state index in [4.69, 9.17) is 11.6 Å². The van der Waals surface area contributed by atoms with Crippen molar-refractivity contribution < 1.29 is 5.11 Å². The molecule has 0 spiro atoms. The van der Waals surface area contributed by atoms with Crippen LogP contribution in [0.15, 0.2) is 24.3 Å². The summed E-state index contributed by atoms with van der Waals surface area (Å²) in [5.74, 6) is 0. The summed E-state index contributed by atoms with van der Waals surface area (Å²) in [6.45, 7) is 2.26. The Morgan fingerprint density at radius 3 is 2.19 bits per heavy atom. The highest BCUT2D eigenvalue weighted by atomic mass is 35.5. The monoisotopic (exact) mass is 310 g/mol. The zero-order chi connectivity index (χ0) is 15.3. The maximum Gasteiger partial charge on any atom is 0.0580 e.